The zero-order valence-corrected chi connectivity index (χ0v) is 12.9. The minimum Gasteiger partial charge on any atom is -0.457 e. The van der Waals surface area contributed by atoms with E-state index >= 15 is 0 Å². The number of nitriles is 1. The summed E-state index contributed by atoms with van der Waals surface area (Å²) >= 11 is 7.55. The molecule has 2 aromatic carbocycles. The minimum atomic E-state index is -0.474. The van der Waals surface area contributed by atoms with Gasteiger partial charge in [0.1, 0.15) is 6.61 Å². The number of thioether (sulfide) groups is 1. The van der Waals surface area contributed by atoms with Crippen molar-refractivity contribution in [2.75, 3.05) is 6.26 Å². The summed E-state index contributed by atoms with van der Waals surface area (Å²) < 4.78 is 5.25. The number of esters is 1. The van der Waals surface area contributed by atoms with Crippen LogP contribution in [0.15, 0.2) is 47.4 Å². The Morgan fingerprint density at radius 3 is 2.86 bits per heavy atom. The second-order valence-electron chi connectivity index (χ2n) is 4.23. The van der Waals surface area contributed by atoms with Crippen molar-refractivity contribution >= 4 is 29.3 Å². The van der Waals surface area contributed by atoms with Crippen molar-refractivity contribution in [3.8, 4) is 6.07 Å². The second-order valence-corrected chi connectivity index (χ2v) is 5.52. The third kappa shape index (κ3) is 4.01. The van der Waals surface area contributed by atoms with Crippen LogP contribution in [-0.4, -0.2) is 12.2 Å². The molecule has 2 rings (SSSR count). The van der Waals surface area contributed by atoms with Crippen molar-refractivity contribution in [2.24, 2.45) is 0 Å². The average molecular weight is 318 g/mol. The lowest BCUT2D eigenvalue weighted by molar-refractivity contribution is 0.0472. The average Bonchev–Trinajstić information content (AvgIpc) is 2.53. The van der Waals surface area contributed by atoms with Crippen molar-refractivity contribution in [1.29, 1.82) is 5.26 Å². The predicted molar refractivity (Wildman–Crippen MR) is 83.5 cm³/mol. The summed E-state index contributed by atoms with van der Waals surface area (Å²) in [5.74, 6) is -0.474. The maximum absolute atomic E-state index is 12.1. The van der Waals surface area contributed by atoms with Gasteiger partial charge < -0.3 is 4.74 Å². The molecule has 0 N–H and O–H groups in total. The highest BCUT2D eigenvalue weighted by atomic mass is 35.5. The van der Waals surface area contributed by atoms with E-state index in [0.29, 0.717) is 16.1 Å². The first-order chi connectivity index (χ1) is 10.1. The van der Waals surface area contributed by atoms with Crippen LogP contribution in [0.5, 0.6) is 0 Å². The molecule has 0 unspecified atom stereocenters. The maximum atomic E-state index is 12.1. The molecule has 0 amide bonds. The number of nitrogens with zero attached hydrogens (tertiary/aromatic N) is 1. The largest absolute Gasteiger partial charge is 0.457 e. The lowest BCUT2D eigenvalue weighted by atomic mass is 10.1. The topological polar surface area (TPSA) is 50.1 Å². The van der Waals surface area contributed by atoms with Crippen LogP contribution in [0.25, 0.3) is 0 Å². The first-order valence-electron chi connectivity index (χ1n) is 6.13. The Labute approximate surface area is 132 Å². The first kappa shape index (κ1) is 15.4. The summed E-state index contributed by atoms with van der Waals surface area (Å²) in [4.78, 5) is 13.0. The van der Waals surface area contributed by atoms with Gasteiger partial charge in [0.2, 0.25) is 0 Å². The van der Waals surface area contributed by atoms with E-state index in [2.05, 4.69) is 0 Å². The molecular formula is C16H12ClNO2S. The van der Waals surface area contributed by atoms with Gasteiger partial charge in [0.25, 0.3) is 0 Å². The van der Waals surface area contributed by atoms with Crippen molar-refractivity contribution in [3.63, 3.8) is 0 Å². The molecule has 0 aliphatic rings. The molecule has 0 aliphatic heterocycles. The van der Waals surface area contributed by atoms with Crippen LogP contribution in [0.4, 0.5) is 0 Å². The van der Waals surface area contributed by atoms with Crippen LogP contribution in [0.2, 0.25) is 5.02 Å². The van der Waals surface area contributed by atoms with Crippen LogP contribution < -0.4 is 0 Å². The predicted octanol–water partition coefficient (Wildman–Crippen LogP) is 4.29. The Balaban J connectivity index is 2.10. The van der Waals surface area contributed by atoms with Gasteiger partial charge in [0.05, 0.1) is 22.2 Å². The molecule has 0 aliphatic carbocycles. The fourth-order valence-corrected chi connectivity index (χ4v) is 2.38. The summed E-state index contributed by atoms with van der Waals surface area (Å²) in [6, 6.07) is 14.2. The molecule has 0 atom stereocenters. The van der Waals surface area contributed by atoms with Crippen molar-refractivity contribution < 1.29 is 9.53 Å². The van der Waals surface area contributed by atoms with Gasteiger partial charge in [-0.15, -0.1) is 11.8 Å². The van der Waals surface area contributed by atoms with Crippen LogP contribution in [0.3, 0.4) is 0 Å². The number of ether oxygens (including phenoxy) is 1. The van der Waals surface area contributed by atoms with Gasteiger partial charge >= 0.3 is 5.97 Å². The number of hydrogen-bond donors (Lipinski definition) is 0. The Bertz CT molecular complexity index is 710. The fraction of sp³-hybridized carbons (Fsp3) is 0.125. The highest BCUT2D eigenvalue weighted by molar-refractivity contribution is 7.98. The molecular weight excluding hydrogens is 306 g/mol. The molecule has 0 heterocycles. The van der Waals surface area contributed by atoms with Crippen LogP contribution in [0, 0.1) is 11.3 Å². The highest BCUT2D eigenvalue weighted by Gasteiger charge is 2.13. The van der Waals surface area contributed by atoms with Gasteiger partial charge in [-0.2, -0.15) is 5.26 Å². The molecule has 0 spiro atoms. The highest BCUT2D eigenvalue weighted by Crippen LogP contribution is 2.24. The molecule has 3 nitrogen and oxygen atoms in total. The van der Waals surface area contributed by atoms with E-state index in [4.69, 9.17) is 21.6 Å². The summed E-state index contributed by atoms with van der Waals surface area (Å²) in [5.41, 5.74) is 1.64. The zero-order valence-electron chi connectivity index (χ0n) is 11.3. The number of hydrogen-bond acceptors (Lipinski definition) is 4. The number of halogens is 1. The van der Waals surface area contributed by atoms with Crippen molar-refractivity contribution in [3.05, 3.63) is 64.2 Å². The second kappa shape index (κ2) is 7.16. The summed E-state index contributed by atoms with van der Waals surface area (Å²) in [6.45, 7) is 0.105. The van der Waals surface area contributed by atoms with E-state index in [9.17, 15) is 4.79 Å². The van der Waals surface area contributed by atoms with Crippen molar-refractivity contribution in [2.45, 2.75) is 11.5 Å². The van der Waals surface area contributed by atoms with E-state index in [1.807, 2.05) is 18.4 Å². The fourth-order valence-electron chi connectivity index (χ4n) is 1.75. The zero-order chi connectivity index (χ0) is 15.2. The van der Waals surface area contributed by atoms with E-state index in [0.717, 1.165) is 10.5 Å². The van der Waals surface area contributed by atoms with E-state index in [-0.39, 0.29) is 6.61 Å². The lowest BCUT2D eigenvalue weighted by Gasteiger charge is -2.08. The monoisotopic (exact) mass is 317 g/mol. The number of rotatable bonds is 4. The molecule has 0 saturated carbocycles. The quantitative estimate of drug-likeness (QED) is 0.623. The molecule has 0 aromatic heterocycles. The normalized spacial score (nSPS) is 9.95. The molecule has 0 saturated heterocycles. The van der Waals surface area contributed by atoms with Crippen LogP contribution in [-0.2, 0) is 11.3 Å². The van der Waals surface area contributed by atoms with Gasteiger partial charge in [-0.3, -0.25) is 0 Å². The number of carbonyl (C=O) groups is 1. The van der Waals surface area contributed by atoms with Gasteiger partial charge in [0, 0.05) is 4.90 Å². The SMILES string of the molecule is CSc1ccc(Cl)c(C(=O)OCc2cccc(C#N)c2)c1. The number of benzene rings is 2. The standard InChI is InChI=1S/C16H12ClNO2S/c1-21-13-5-6-15(17)14(8-13)16(19)20-10-12-4-2-3-11(7-12)9-18/h2-8H,10H2,1H3. The smallest absolute Gasteiger partial charge is 0.340 e. The minimum absolute atomic E-state index is 0.105. The van der Waals surface area contributed by atoms with Crippen LogP contribution >= 0.6 is 23.4 Å². The molecule has 106 valence electrons. The maximum Gasteiger partial charge on any atom is 0.340 e. The Kier molecular flexibility index (Phi) is 5.26. The van der Waals surface area contributed by atoms with E-state index < -0.39 is 5.97 Å². The summed E-state index contributed by atoms with van der Waals surface area (Å²) in [6.07, 6.45) is 1.92. The molecule has 21 heavy (non-hydrogen) atoms. The third-order valence-electron chi connectivity index (χ3n) is 2.82. The van der Waals surface area contributed by atoms with Crippen molar-refractivity contribution in [1.82, 2.24) is 0 Å². The van der Waals surface area contributed by atoms with Gasteiger partial charge in [-0.05, 0) is 42.2 Å². The number of carbonyl (C=O) groups excluding carboxylic acids is 1. The van der Waals surface area contributed by atoms with Crippen LogP contribution in [0.1, 0.15) is 21.5 Å². The Hall–Kier alpha value is -1.96. The summed E-state index contributed by atoms with van der Waals surface area (Å²) in [7, 11) is 0. The molecule has 0 fully saturated rings. The molecule has 2 aromatic rings. The van der Waals surface area contributed by atoms with Gasteiger partial charge in [-0.25, -0.2) is 4.79 Å². The van der Waals surface area contributed by atoms with Gasteiger partial charge in [-0.1, -0.05) is 23.7 Å². The Morgan fingerprint density at radius 2 is 2.14 bits per heavy atom. The molecule has 5 heteroatoms. The van der Waals surface area contributed by atoms with E-state index in [1.165, 1.54) is 11.8 Å². The Morgan fingerprint density at radius 1 is 1.33 bits per heavy atom. The van der Waals surface area contributed by atoms with Gasteiger partial charge in [0.15, 0.2) is 0 Å². The molecule has 0 radical (unpaired) electrons. The summed E-state index contributed by atoms with van der Waals surface area (Å²) in [5, 5.41) is 9.20. The molecule has 0 bridgehead atoms. The third-order valence-corrected chi connectivity index (χ3v) is 3.87. The lowest BCUT2D eigenvalue weighted by Crippen LogP contribution is -2.06. The first-order valence-corrected chi connectivity index (χ1v) is 7.74. The van der Waals surface area contributed by atoms with E-state index in [1.54, 1.807) is 36.4 Å².